The van der Waals surface area contributed by atoms with Gasteiger partial charge >= 0.3 is 0 Å². The van der Waals surface area contributed by atoms with Crippen LogP contribution in [0.3, 0.4) is 0 Å². The molecule has 1 unspecified atom stereocenters. The zero-order valence-electron chi connectivity index (χ0n) is 22.3. The number of nitrogens with zero attached hydrogens (tertiary/aromatic N) is 2. The molecule has 1 N–H and O–H groups in total. The van der Waals surface area contributed by atoms with Gasteiger partial charge < -0.3 is 19.6 Å². The molecule has 1 aliphatic heterocycles. The summed E-state index contributed by atoms with van der Waals surface area (Å²) in [5.74, 6) is -0.391. The van der Waals surface area contributed by atoms with E-state index < -0.39 is 17.7 Å². The third-order valence-corrected chi connectivity index (χ3v) is 6.81. The van der Waals surface area contributed by atoms with Gasteiger partial charge in [-0.1, -0.05) is 71.0 Å². The van der Waals surface area contributed by atoms with Crippen LogP contribution in [0.1, 0.15) is 76.1 Å². The van der Waals surface area contributed by atoms with Crippen molar-refractivity contribution in [3.05, 3.63) is 70.8 Å². The molecule has 0 saturated carbocycles. The Morgan fingerprint density at radius 1 is 1.06 bits per heavy atom. The smallest absolute Gasteiger partial charge is 0.295 e. The predicted octanol–water partition coefficient (Wildman–Crippen LogP) is 5.75. The highest BCUT2D eigenvalue weighted by atomic mass is 16.5. The molecule has 1 heterocycles. The van der Waals surface area contributed by atoms with Crippen LogP contribution in [0, 0.1) is 0 Å². The second-order valence-corrected chi connectivity index (χ2v) is 9.57. The molecule has 0 bridgehead atoms. The number of amides is 1. The molecule has 0 aromatic heterocycles. The number of hydrogen-bond acceptors (Lipinski definition) is 5. The number of ether oxygens (including phenoxy) is 1. The number of aliphatic hydroxyl groups excluding tert-OH is 1. The van der Waals surface area contributed by atoms with Crippen LogP contribution in [0.15, 0.2) is 54.1 Å². The van der Waals surface area contributed by atoms with Crippen LogP contribution in [0.2, 0.25) is 0 Å². The summed E-state index contributed by atoms with van der Waals surface area (Å²) in [4.78, 5) is 30.5. The highest BCUT2D eigenvalue weighted by Gasteiger charge is 2.45. The van der Waals surface area contributed by atoms with Crippen molar-refractivity contribution < 1.29 is 19.4 Å². The molecule has 0 spiro atoms. The first-order valence-electron chi connectivity index (χ1n) is 13.2. The number of carbonyl (C=O) groups excluding carboxylic acids is 2. The standard InChI is InChI=1S/C30H40N2O4/c1-6-19-36-25-12-9-11-24(20-25)28(33)26-27(23-15-13-22(14-16-23)21(4)5)32(30(35)29(26)34)18-10-17-31(7-2)8-3/h9,11-16,20-21,27,33H,6-8,10,17-19H2,1-5H3/b28-26+. The van der Waals surface area contributed by atoms with Crippen molar-refractivity contribution in [2.45, 2.75) is 59.4 Å². The molecule has 0 aliphatic carbocycles. The Kier molecular flexibility index (Phi) is 9.71. The Morgan fingerprint density at radius 2 is 1.75 bits per heavy atom. The van der Waals surface area contributed by atoms with Crippen LogP contribution >= 0.6 is 0 Å². The summed E-state index contributed by atoms with van der Waals surface area (Å²) in [6.07, 6.45) is 1.61. The van der Waals surface area contributed by atoms with Crippen molar-refractivity contribution in [2.75, 3.05) is 32.8 Å². The number of hydrogen-bond donors (Lipinski definition) is 1. The van der Waals surface area contributed by atoms with Gasteiger partial charge in [-0.25, -0.2) is 0 Å². The van der Waals surface area contributed by atoms with E-state index in [9.17, 15) is 14.7 Å². The first kappa shape index (κ1) is 27.5. The van der Waals surface area contributed by atoms with E-state index in [2.05, 4.69) is 32.6 Å². The molecule has 2 aromatic carbocycles. The zero-order chi connectivity index (χ0) is 26.2. The summed E-state index contributed by atoms with van der Waals surface area (Å²) in [7, 11) is 0. The Hall–Kier alpha value is -3.12. The van der Waals surface area contributed by atoms with Crippen LogP contribution in [-0.4, -0.2) is 59.4 Å². The minimum Gasteiger partial charge on any atom is -0.507 e. The van der Waals surface area contributed by atoms with E-state index >= 15 is 0 Å². The topological polar surface area (TPSA) is 70.1 Å². The number of rotatable bonds is 12. The molecule has 2 aromatic rings. The van der Waals surface area contributed by atoms with E-state index in [1.165, 1.54) is 5.56 Å². The number of aliphatic hydroxyl groups is 1. The largest absolute Gasteiger partial charge is 0.507 e. The SMILES string of the molecule is CCCOc1cccc(/C(O)=C2\C(=O)C(=O)N(CCCN(CC)CC)C2c2ccc(C(C)C)cc2)c1. The maximum atomic E-state index is 13.3. The molecular formula is C30H40N2O4. The fraction of sp³-hybridized carbons (Fsp3) is 0.467. The Labute approximate surface area is 215 Å². The van der Waals surface area contributed by atoms with Crippen molar-refractivity contribution in [1.29, 1.82) is 0 Å². The van der Waals surface area contributed by atoms with Crippen LogP contribution in [0.4, 0.5) is 0 Å². The van der Waals surface area contributed by atoms with Gasteiger partial charge in [0.1, 0.15) is 11.5 Å². The van der Waals surface area contributed by atoms with E-state index in [-0.39, 0.29) is 11.3 Å². The van der Waals surface area contributed by atoms with Crippen molar-refractivity contribution in [1.82, 2.24) is 9.80 Å². The molecule has 6 nitrogen and oxygen atoms in total. The lowest BCUT2D eigenvalue weighted by atomic mass is 9.93. The maximum absolute atomic E-state index is 13.3. The molecule has 1 aliphatic rings. The van der Waals surface area contributed by atoms with Gasteiger partial charge in [0.05, 0.1) is 18.2 Å². The fourth-order valence-corrected chi connectivity index (χ4v) is 4.63. The van der Waals surface area contributed by atoms with Crippen LogP contribution in [-0.2, 0) is 9.59 Å². The predicted molar refractivity (Wildman–Crippen MR) is 144 cm³/mol. The Balaban J connectivity index is 2.03. The maximum Gasteiger partial charge on any atom is 0.295 e. The fourth-order valence-electron chi connectivity index (χ4n) is 4.63. The summed E-state index contributed by atoms with van der Waals surface area (Å²) in [6.45, 7) is 14.2. The van der Waals surface area contributed by atoms with E-state index in [1.54, 1.807) is 23.1 Å². The second-order valence-electron chi connectivity index (χ2n) is 9.57. The summed E-state index contributed by atoms with van der Waals surface area (Å²) >= 11 is 0. The summed E-state index contributed by atoms with van der Waals surface area (Å²) in [5, 5.41) is 11.4. The van der Waals surface area contributed by atoms with Crippen molar-refractivity contribution in [3.8, 4) is 5.75 Å². The van der Waals surface area contributed by atoms with Gasteiger partial charge in [0, 0.05) is 12.1 Å². The van der Waals surface area contributed by atoms with Gasteiger partial charge in [0.15, 0.2) is 0 Å². The summed E-state index contributed by atoms with van der Waals surface area (Å²) in [6, 6.07) is 14.4. The van der Waals surface area contributed by atoms with Crippen molar-refractivity contribution in [2.24, 2.45) is 0 Å². The number of carbonyl (C=O) groups is 2. The minimum absolute atomic E-state index is 0.132. The van der Waals surface area contributed by atoms with Gasteiger partial charge in [0.2, 0.25) is 0 Å². The van der Waals surface area contributed by atoms with Gasteiger partial charge in [-0.2, -0.15) is 0 Å². The number of ketones is 1. The van der Waals surface area contributed by atoms with Gasteiger partial charge in [-0.05, 0) is 61.7 Å². The van der Waals surface area contributed by atoms with Crippen molar-refractivity contribution in [3.63, 3.8) is 0 Å². The highest BCUT2D eigenvalue weighted by molar-refractivity contribution is 6.46. The number of benzene rings is 2. The molecule has 0 radical (unpaired) electrons. The van der Waals surface area contributed by atoms with Crippen LogP contribution in [0.25, 0.3) is 5.76 Å². The first-order chi connectivity index (χ1) is 17.3. The molecule has 1 atom stereocenters. The molecule has 194 valence electrons. The normalized spacial score (nSPS) is 17.4. The summed E-state index contributed by atoms with van der Waals surface area (Å²) in [5.41, 5.74) is 2.60. The quantitative estimate of drug-likeness (QED) is 0.232. The monoisotopic (exact) mass is 492 g/mol. The van der Waals surface area contributed by atoms with Gasteiger partial charge in [-0.3, -0.25) is 9.59 Å². The number of Topliss-reactive ketones (excluding diaryl/α,β-unsaturated/α-hetero) is 1. The van der Waals surface area contributed by atoms with Crippen molar-refractivity contribution >= 4 is 17.4 Å². The second kappa shape index (κ2) is 12.7. The minimum atomic E-state index is -0.645. The van der Waals surface area contributed by atoms with Crippen LogP contribution in [0.5, 0.6) is 5.75 Å². The molecule has 3 rings (SSSR count). The van der Waals surface area contributed by atoms with Gasteiger partial charge in [-0.15, -0.1) is 0 Å². The zero-order valence-corrected chi connectivity index (χ0v) is 22.3. The Bertz CT molecular complexity index is 1070. The summed E-state index contributed by atoms with van der Waals surface area (Å²) < 4.78 is 5.72. The lowest BCUT2D eigenvalue weighted by Crippen LogP contribution is -2.33. The van der Waals surface area contributed by atoms with E-state index in [0.29, 0.717) is 30.4 Å². The average Bonchev–Trinajstić information content (AvgIpc) is 3.14. The van der Waals surface area contributed by atoms with Crippen LogP contribution < -0.4 is 4.74 Å². The molecule has 1 saturated heterocycles. The van der Waals surface area contributed by atoms with E-state index in [4.69, 9.17) is 4.74 Å². The lowest BCUT2D eigenvalue weighted by molar-refractivity contribution is -0.140. The third kappa shape index (κ3) is 6.16. The van der Waals surface area contributed by atoms with Gasteiger partial charge in [0.25, 0.3) is 11.7 Å². The lowest BCUT2D eigenvalue weighted by Gasteiger charge is -2.27. The highest BCUT2D eigenvalue weighted by Crippen LogP contribution is 2.40. The Morgan fingerprint density at radius 3 is 2.36 bits per heavy atom. The molecular weight excluding hydrogens is 452 g/mol. The first-order valence-corrected chi connectivity index (χ1v) is 13.2. The molecule has 1 fully saturated rings. The molecule has 6 heteroatoms. The molecule has 36 heavy (non-hydrogen) atoms. The number of likely N-dealkylation sites (tertiary alicyclic amines) is 1. The molecule has 1 amide bonds. The van der Waals surface area contributed by atoms with E-state index in [1.807, 2.05) is 37.3 Å². The average molecular weight is 493 g/mol. The third-order valence-electron chi connectivity index (χ3n) is 6.81. The van der Waals surface area contributed by atoms with E-state index in [0.717, 1.165) is 38.0 Å².